The van der Waals surface area contributed by atoms with Gasteiger partial charge in [0, 0.05) is 4.88 Å². The first-order valence-corrected chi connectivity index (χ1v) is 11.7. The van der Waals surface area contributed by atoms with E-state index in [1.165, 1.54) is 28.0 Å². The number of thiazole rings is 1. The molecule has 2 aromatic heterocycles. The number of imide groups is 1. The van der Waals surface area contributed by atoms with E-state index in [-0.39, 0.29) is 18.4 Å². The van der Waals surface area contributed by atoms with Gasteiger partial charge in [-0.25, -0.2) is 9.69 Å². The Hall–Kier alpha value is -2.69. The van der Waals surface area contributed by atoms with Crippen molar-refractivity contribution in [2.75, 3.05) is 11.5 Å². The predicted octanol–water partition coefficient (Wildman–Crippen LogP) is 4.37. The standard InChI is InChI=1S/C21H16N2O5S3/c1-2-27-20(26)10-5-7-11(8-6-10)23-18(24)14-13(12-4-3-9-28-12)15-17(22-21(29)31-15)30-16(14)19(23)25/h3-9,13-14,16H,2H2,1H3,(H,22,29). The number of hydrogen-bond donors (Lipinski definition) is 1. The number of carbonyl (C=O) groups is 3. The van der Waals surface area contributed by atoms with E-state index in [9.17, 15) is 14.4 Å². The van der Waals surface area contributed by atoms with Gasteiger partial charge in [0.15, 0.2) is 3.95 Å². The van der Waals surface area contributed by atoms with E-state index >= 15 is 0 Å². The predicted molar refractivity (Wildman–Crippen MR) is 118 cm³/mol. The van der Waals surface area contributed by atoms with Crippen molar-refractivity contribution in [2.24, 2.45) is 5.92 Å². The SMILES string of the molecule is CCOC(=O)c1ccc(N2C(=O)C3Sc4[nH]c(=S)sc4C(c4ccco4)C3C2=O)cc1. The molecule has 1 aromatic carbocycles. The van der Waals surface area contributed by atoms with Gasteiger partial charge < -0.3 is 14.1 Å². The molecule has 3 atom stereocenters. The fourth-order valence-electron chi connectivity index (χ4n) is 4.01. The number of ether oxygens (including phenoxy) is 1. The maximum atomic E-state index is 13.5. The van der Waals surface area contributed by atoms with E-state index in [0.29, 0.717) is 21.0 Å². The summed E-state index contributed by atoms with van der Waals surface area (Å²) < 4.78 is 11.2. The monoisotopic (exact) mass is 472 g/mol. The van der Waals surface area contributed by atoms with Crippen molar-refractivity contribution < 1.29 is 23.5 Å². The Bertz CT molecular complexity index is 1230. The third-order valence-corrected chi connectivity index (χ3v) is 8.06. The molecule has 3 aromatic rings. The zero-order valence-corrected chi connectivity index (χ0v) is 18.6. The largest absolute Gasteiger partial charge is 0.469 e. The first kappa shape index (κ1) is 20.2. The van der Waals surface area contributed by atoms with Gasteiger partial charge in [-0.1, -0.05) is 11.8 Å². The molecule has 3 unspecified atom stereocenters. The highest BCUT2D eigenvalue weighted by atomic mass is 32.2. The van der Waals surface area contributed by atoms with Crippen molar-refractivity contribution in [1.82, 2.24) is 4.98 Å². The normalized spacial score (nSPS) is 22.4. The van der Waals surface area contributed by atoms with Gasteiger partial charge in [-0.15, -0.1) is 11.3 Å². The summed E-state index contributed by atoms with van der Waals surface area (Å²) in [5, 5.41) is 0.207. The summed E-state index contributed by atoms with van der Waals surface area (Å²) in [6, 6.07) is 9.89. The molecule has 2 amide bonds. The van der Waals surface area contributed by atoms with Crippen LogP contribution in [0.2, 0.25) is 0 Å². The number of thioether (sulfide) groups is 1. The number of H-pyrrole nitrogens is 1. The van der Waals surface area contributed by atoms with E-state index in [4.69, 9.17) is 21.4 Å². The molecule has 0 spiro atoms. The zero-order valence-electron chi connectivity index (χ0n) is 16.2. The number of hydrogen-bond acceptors (Lipinski definition) is 8. The van der Waals surface area contributed by atoms with Crippen LogP contribution < -0.4 is 4.90 Å². The molecule has 0 bridgehead atoms. The number of esters is 1. The van der Waals surface area contributed by atoms with Crippen molar-refractivity contribution in [1.29, 1.82) is 0 Å². The fourth-order valence-corrected chi connectivity index (χ4v) is 6.95. The highest BCUT2D eigenvalue weighted by Gasteiger charge is 2.57. The molecule has 31 heavy (non-hydrogen) atoms. The van der Waals surface area contributed by atoms with Gasteiger partial charge in [0.05, 0.1) is 41.0 Å². The zero-order chi connectivity index (χ0) is 21.7. The van der Waals surface area contributed by atoms with Crippen LogP contribution in [0, 0.1) is 9.87 Å². The van der Waals surface area contributed by atoms with E-state index in [2.05, 4.69) is 4.98 Å². The van der Waals surface area contributed by atoms with Crippen LogP contribution in [-0.2, 0) is 14.3 Å². The van der Waals surface area contributed by atoms with Gasteiger partial charge in [0.1, 0.15) is 11.0 Å². The molecule has 0 saturated carbocycles. The Morgan fingerprint density at radius 2 is 2.00 bits per heavy atom. The number of aromatic nitrogens is 1. The molecule has 5 rings (SSSR count). The maximum absolute atomic E-state index is 13.5. The van der Waals surface area contributed by atoms with Crippen molar-refractivity contribution in [3.63, 3.8) is 0 Å². The molecule has 1 N–H and O–H groups in total. The molecule has 1 fully saturated rings. The molecular weight excluding hydrogens is 456 g/mol. The molecule has 2 aliphatic rings. The molecule has 7 nitrogen and oxygen atoms in total. The molecule has 10 heteroatoms. The number of carbonyl (C=O) groups excluding carboxylic acids is 3. The van der Waals surface area contributed by atoms with Gasteiger partial charge in [0.2, 0.25) is 11.8 Å². The van der Waals surface area contributed by atoms with E-state index in [0.717, 1.165) is 9.90 Å². The van der Waals surface area contributed by atoms with Gasteiger partial charge >= 0.3 is 5.97 Å². The lowest BCUT2D eigenvalue weighted by molar-refractivity contribution is -0.122. The molecular formula is C21H16N2O5S3. The summed E-state index contributed by atoms with van der Waals surface area (Å²) in [4.78, 5) is 44.0. The summed E-state index contributed by atoms with van der Waals surface area (Å²) in [5.41, 5.74) is 0.784. The number of benzene rings is 1. The second kappa shape index (κ2) is 7.77. The van der Waals surface area contributed by atoms with Crippen LogP contribution in [0.3, 0.4) is 0 Å². The molecule has 2 aliphatic heterocycles. The number of nitrogens with zero attached hydrogens (tertiary/aromatic N) is 1. The van der Waals surface area contributed by atoms with Crippen molar-refractivity contribution in [3.05, 3.63) is 62.8 Å². The first-order chi connectivity index (χ1) is 15.0. The van der Waals surface area contributed by atoms with E-state index in [1.807, 2.05) is 6.07 Å². The number of anilines is 1. The number of nitrogens with one attached hydrogen (secondary N) is 1. The Morgan fingerprint density at radius 1 is 1.23 bits per heavy atom. The fraction of sp³-hybridized carbons (Fsp3) is 0.238. The highest BCUT2D eigenvalue weighted by Crippen LogP contribution is 2.54. The summed E-state index contributed by atoms with van der Waals surface area (Å²) in [7, 11) is 0. The van der Waals surface area contributed by atoms with Crippen LogP contribution in [0.4, 0.5) is 5.69 Å². The topological polar surface area (TPSA) is 92.6 Å². The third kappa shape index (κ3) is 3.26. The van der Waals surface area contributed by atoms with Crippen molar-refractivity contribution in [3.8, 4) is 0 Å². The van der Waals surface area contributed by atoms with Crippen molar-refractivity contribution in [2.45, 2.75) is 23.1 Å². The van der Waals surface area contributed by atoms with Crippen LogP contribution in [0.5, 0.6) is 0 Å². The lowest BCUT2D eigenvalue weighted by Gasteiger charge is -2.27. The summed E-state index contributed by atoms with van der Waals surface area (Å²) >= 11 is 8.04. The van der Waals surface area contributed by atoms with Crippen LogP contribution in [0.25, 0.3) is 0 Å². The molecule has 1 saturated heterocycles. The van der Waals surface area contributed by atoms with E-state index in [1.54, 1.807) is 43.5 Å². The third-order valence-electron chi connectivity index (χ3n) is 5.31. The van der Waals surface area contributed by atoms with Gasteiger partial charge in [-0.05, 0) is 55.5 Å². The Balaban J connectivity index is 1.53. The summed E-state index contributed by atoms with van der Waals surface area (Å²) in [6.07, 6.45) is 1.56. The van der Waals surface area contributed by atoms with Crippen LogP contribution in [0.15, 0.2) is 52.1 Å². The first-order valence-electron chi connectivity index (χ1n) is 9.57. The second-order valence-electron chi connectivity index (χ2n) is 7.04. The molecule has 0 radical (unpaired) electrons. The number of furan rings is 1. The quantitative estimate of drug-likeness (QED) is 0.342. The Labute approximate surface area is 190 Å². The van der Waals surface area contributed by atoms with Crippen LogP contribution in [-0.4, -0.2) is 34.6 Å². The number of rotatable bonds is 4. The number of aromatic amines is 1. The molecule has 4 heterocycles. The van der Waals surface area contributed by atoms with Crippen LogP contribution >= 0.6 is 35.3 Å². The second-order valence-corrected chi connectivity index (χ2v) is 9.92. The average molecular weight is 473 g/mol. The summed E-state index contributed by atoms with van der Waals surface area (Å²) in [6.45, 7) is 2.00. The minimum absolute atomic E-state index is 0.269. The number of amides is 2. The van der Waals surface area contributed by atoms with E-state index < -0.39 is 23.1 Å². The van der Waals surface area contributed by atoms with Gasteiger partial charge in [-0.3, -0.25) is 9.59 Å². The lowest BCUT2D eigenvalue weighted by Crippen LogP contribution is -2.32. The minimum Gasteiger partial charge on any atom is -0.469 e. The lowest BCUT2D eigenvalue weighted by atomic mass is 9.87. The maximum Gasteiger partial charge on any atom is 0.338 e. The molecule has 0 aliphatic carbocycles. The van der Waals surface area contributed by atoms with Crippen LogP contribution in [0.1, 0.15) is 33.8 Å². The summed E-state index contributed by atoms with van der Waals surface area (Å²) in [5.74, 6) is -1.41. The van der Waals surface area contributed by atoms with Crippen molar-refractivity contribution >= 4 is 58.8 Å². The smallest absolute Gasteiger partial charge is 0.338 e. The minimum atomic E-state index is -0.609. The Morgan fingerprint density at radius 3 is 2.68 bits per heavy atom. The number of fused-ring (bicyclic) bond motifs is 2. The Kier molecular flexibility index (Phi) is 5.07. The average Bonchev–Trinajstić information content (AvgIpc) is 3.46. The highest BCUT2D eigenvalue weighted by molar-refractivity contribution is 8.01. The van der Waals surface area contributed by atoms with Gasteiger partial charge in [-0.2, -0.15) is 0 Å². The molecule has 158 valence electrons. The van der Waals surface area contributed by atoms with Gasteiger partial charge in [0.25, 0.3) is 0 Å².